The number of ether oxygens (including phenoxy) is 1. The van der Waals surface area contributed by atoms with E-state index in [4.69, 9.17) is 27.0 Å². The van der Waals surface area contributed by atoms with E-state index in [1.165, 1.54) is 55.6 Å². The highest BCUT2D eigenvalue weighted by atomic mass is 32.2. The van der Waals surface area contributed by atoms with E-state index in [2.05, 4.69) is 103 Å². The van der Waals surface area contributed by atoms with Crippen molar-refractivity contribution in [3.05, 3.63) is 83.4 Å². The zero-order valence-electron chi connectivity index (χ0n) is 29.4. The first-order chi connectivity index (χ1) is 24.6. The molecular formula is C40H45N2O9S2+. The summed E-state index contributed by atoms with van der Waals surface area (Å²) in [5.41, 5.74) is 13.0. The molecule has 53 heavy (non-hydrogen) atoms. The van der Waals surface area contributed by atoms with Gasteiger partial charge in [0.05, 0.1) is 22.6 Å². The van der Waals surface area contributed by atoms with Crippen LogP contribution >= 0.6 is 0 Å². The Kier molecular flexibility index (Phi) is 11.3. The van der Waals surface area contributed by atoms with Crippen molar-refractivity contribution >= 4 is 60.6 Å². The van der Waals surface area contributed by atoms with Crippen LogP contribution in [0.3, 0.4) is 0 Å². The van der Waals surface area contributed by atoms with Gasteiger partial charge in [0, 0.05) is 54.7 Å². The number of hydrogen-bond acceptors (Lipinski definition) is 8. The van der Waals surface area contributed by atoms with Gasteiger partial charge in [0.15, 0.2) is 12.3 Å². The number of fused-ring (bicyclic) bond motifs is 9. The molecule has 11 nitrogen and oxygen atoms in total. The van der Waals surface area contributed by atoms with Gasteiger partial charge in [0.2, 0.25) is 5.69 Å². The van der Waals surface area contributed by atoms with Gasteiger partial charge in [0.1, 0.15) is 11.9 Å². The number of carboxylic acids is 1. The van der Waals surface area contributed by atoms with E-state index < -0.39 is 26.7 Å². The maximum Gasteiger partial charge on any atom is 0.425 e. The van der Waals surface area contributed by atoms with E-state index in [9.17, 15) is 13.2 Å². The smallest absolute Gasteiger partial charge is 0.425 e. The molecule has 1 atom stereocenters. The fourth-order valence-corrected chi connectivity index (χ4v) is 8.02. The van der Waals surface area contributed by atoms with Gasteiger partial charge in [-0.05, 0) is 79.3 Å². The van der Waals surface area contributed by atoms with Gasteiger partial charge in [-0.3, -0.25) is 9.35 Å². The Balaban J connectivity index is 0.000000489. The lowest BCUT2D eigenvalue weighted by Gasteiger charge is -2.32. The van der Waals surface area contributed by atoms with Crippen LogP contribution in [0.25, 0.3) is 39.1 Å². The second-order valence-corrected chi connectivity index (χ2v) is 15.9. The molecule has 2 N–H and O–H groups in total. The third kappa shape index (κ3) is 7.92. The third-order valence-corrected chi connectivity index (χ3v) is 10.1. The molecule has 3 aliphatic heterocycles. The lowest BCUT2D eigenvalue weighted by molar-refractivity contribution is -0.442. The quantitative estimate of drug-likeness (QED) is 0.0978. The van der Waals surface area contributed by atoms with Crippen molar-refractivity contribution < 1.29 is 44.8 Å². The molecule has 8 rings (SSSR count). The van der Waals surface area contributed by atoms with Gasteiger partial charge in [-0.15, -0.1) is 12.6 Å². The number of carboxylic acid groups (broad SMARTS) is 1. The number of unbranched alkanes of at least 4 members (excludes halogenated alkanes) is 2. The van der Waals surface area contributed by atoms with Crippen molar-refractivity contribution in [2.75, 3.05) is 31.3 Å². The number of anilines is 1. The maximum atomic E-state index is 10.8. The number of aliphatic carboxylic acids is 1. The summed E-state index contributed by atoms with van der Waals surface area (Å²) < 4.78 is 60.6. The van der Waals surface area contributed by atoms with E-state index in [1.807, 2.05) is 0 Å². The Morgan fingerprint density at radius 3 is 2.26 bits per heavy atom. The molecule has 0 bridgehead atoms. The first kappa shape index (κ1) is 39.4. The van der Waals surface area contributed by atoms with E-state index in [0.717, 1.165) is 55.8 Å². The van der Waals surface area contributed by atoms with Crippen LogP contribution in [0.1, 0.15) is 64.5 Å². The Hall–Kier alpha value is -4.85. The number of nitrogens with zero attached hydrogens (tertiary/aromatic N) is 2. The lowest BCUT2D eigenvalue weighted by Crippen LogP contribution is -2.42. The predicted molar refractivity (Wildman–Crippen MR) is 208 cm³/mol. The number of benzene rings is 4. The van der Waals surface area contributed by atoms with Crippen LogP contribution in [0.15, 0.2) is 72.3 Å². The van der Waals surface area contributed by atoms with Crippen molar-refractivity contribution in [1.29, 1.82) is 0 Å². The van der Waals surface area contributed by atoms with E-state index in [-0.39, 0.29) is 25.4 Å². The largest absolute Gasteiger partial charge is 0.485 e. The molecule has 13 heteroatoms. The first-order valence-electron chi connectivity index (χ1n) is 17.1. The molecule has 0 fully saturated rings. The molecule has 4 aromatic rings. The molecule has 3 heterocycles. The summed E-state index contributed by atoms with van der Waals surface area (Å²) in [4.78, 5) is 13.0. The molecule has 0 spiro atoms. The van der Waals surface area contributed by atoms with Crippen LogP contribution in [-0.4, -0.2) is 79.5 Å². The summed E-state index contributed by atoms with van der Waals surface area (Å²) in [6.45, 7) is 6.60. The van der Waals surface area contributed by atoms with Crippen LogP contribution in [0, 0.1) is 0 Å². The van der Waals surface area contributed by atoms with E-state index in [0.29, 0.717) is 6.26 Å². The van der Waals surface area contributed by atoms with Crippen LogP contribution in [0.2, 0.25) is 0 Å². The maximum absolute atomic E-state index is 10.8. The lowest BCUT2D eigenvalue weighted by atomic mass is 9.75. The number of hydrogen-bond donors (Lipinski definition) is 2. The molecule has 0 saturated carbocycles. The van der Waals surface area contributed by atoms with Gasteiger partial charge in [-0.25, -0.2) is 0 Å². The summed E-state index contributed by atoms with van der Waals surface area (Å²) in [7, 11) is -4.67. The Labute approximate surface area is 312 Å². The Morgan fingerprint density at radius 1 is 0.962 bits per heavy atom. The van der Waals surface area contributed by atoms with Crippen molar-refractivity contribution in [3.8, 4) is 28.0 Å². The highest BCUT2D eigenvalue weighted by molar-refractivity contribution is 7.85. The van der Waals surface area contributed by atoms with Crippen LogP contribution < -0.4 is 9.64 Å². The number of rotatable bonds is 7. The summed E-state index contributed by atoms with van der Waals surface area (Å²) >= 11 is 0. The fourth-order valence-electron chi connectivity index (χ4n) is 8.02. The zero-order chi connectivity index (χ0) is 37.5. The topological polar surface area (TPSA) is 158 Å². The Morgan fingerprint density at radius 2 is 1.60 bits per heavy atom. The summed E-state index contributed by atoms with van der Waals surface area (Å²) in [5, 5.41) is 11.6. The standard InChI is InChI=1S/C38H36N2O3.CH4O3S.CH4.O3S/c1-38(2)31-22-29-26-11-7-6-10-25(26)27-12-9-13-28(35(27)29)36(31)40-19-17-32-30(37(38)40)20-23-15-16-24(21-33(23)43-32)39(3)18-8-4-5-14-34(41)42;1-5(2,3)4;;1-4(2)3/h6-7,9-13,15-16,20-22,32H,4-5,8,14,17-19H2,1-3H3;1H3,(H,2,3,4);1H4;/p+1. The van der Waals surface area contributed by atoms with E-state index in [1.54, 1.807) is 0 Å². The third-order valence-electron chi connectivity index (χ3n) is 10.1. The Bertz CT molecular complexity index is 2390. The predicted octanol–water partition coefficient (Wildman–Crippen LogP) is 7.33. The first-order valence-corrected chi connectivity index (χ1v) is 19.9. The van der Waals surface area contributed by atoms with Gasteiger partial charge in [-0.1, -0.05) is 50.2 Å². The van der Waals surface area contributed by atoms with Gasteiger partial charge in [0.25, 0.3) is 10.1 Å². The second kappa shape index (κ2) is 15.2. The average Bonchev–Trinajstić information content (AvgIpc) is 3.52. The van der Waals surface area contributed by atoms with Gasteiger partial charge >= 0.3 is 16.6 Å². The van der Waals surface area contributed by atoms with Crippen LogP contribution in [0.5, 0.6) is 5.75 Å². The minimum Gasteiger partial charge on any atom is -0.485 e. The molecular weight excluding hydrogens is 717 g/mol. The van der Waals surface area contributed by atoms with Crippen LogP contribution in [-0.2, 0) is 30.9 Å². The monoisotopic (exact) mass is 761 g/mol. The molecule has 0 amide bonds. The molecule has 0 radical (unpaired) electrons. The van der Waals surface area contributed by atoms with Gasteiger partial charge < -0.3 is 14.7 Å². The van der Waals surface area contributed by atoms with Crippen molar-refractivity contribution in [3.63, 3.8) is 0 Å². The summed E-state index contributed by atoms with van der Waals surface area (Å²) in [6, 6.07) is 24.7. The van der Waals surface area contributed by atoms with Crippen LogP contribution in [0.4, 0.5) is 11.4 Å². The molecule has 1 aliphatic carbocycles. The van der Waals surface area contributed by atoms with Crippen molar-refractivity contribution in [2.45, 2.75) is 64.9 Å². The molecule has 1 unspecified atom stereocenters. The molecule has 4 aromatic carbocycles. The zero-order valence-corrected chi connectivity index (χ0v) is 31.1. The molecule has 0 aromatic heterocycles. The second-order valence-electron chi connectivity index (χ2n) is 14.0. The van der Waals surface area contributed by atoms with Gasteiger partial charge in [-0.2, -0.15) is 13.0 Å². The summed E-state index contributed by atoms with van der Waals surface area (Å²) in [5.74, 6) is 0.239. The normalized spacial score (nSPS) is 16.4. The molecule has 280 valence electrons. The number of carbonyl (C=O) groups is 1. The average molecular weight is 762 g/mol. The fraction of sp³-hybridized carbons (Fsp3) is 0.350. The summed E-state index contributed by atoms with van der Waals surface area (Å²) in [6.07, 6.45) is 6.95. The van der Waals surface area contributed by atoms with Crippen molar-refractivity contribution in [2.24, 2.45) is 0 Å². The van der Waals surface area contributed by atoms with Crippen molar-refractivity contribution in [1.82, 2.24) is 0 Å². The van der Waals surface area contributed by atoms with E-state index >= 15 is 0 Å². The highest BCUT2D eigenvalue weighted by Crippen LogP contribution is 2.55. The SMILES string of the molecule is C.CN(CCCCCC(=O)O)c1ccc2c(c1)OC1CC[N+]3=C(C1=C2)C(C)(C)c1cc2c4c(cccc4c13)-c1ccccc1-2.CS(=O)(=O)O.O=S(=O)=O. The molecule has 4 aliphatic rings. The minimum absolute atomic E-state index is 0. The minimum atomic E-state index is -3.67. The highest BCUT2D eigenvalue weighted by Gasteiger charge is 2.53. The molecule has 0 saturated heterocycles.